The quantitative estimate of drug-likeness (QED) is 0.155. The Balaban J connectivity index is 1.04. The fraction of sp³-hybridized carbons (Fsp3) is 0.0161. The number of para-hydroxylation sites is 3. The first-order chi connectivity index (χ1) is 33.1. The van der Waals surface area contributed by atoms with E-state index in [2.05, 4.69) is 144 Å². The van der Waals surface area contributed by atoms with Gasteiger partial charge < -0.3 is 4.90 Å². The zero-order valence-electron chi connectivity index (χ0n) is 36.0. The van der Waals surface area contributed by atoms with Crippen LogP contribution in [0.15, 0.2) is 224 Å². The summed E-state index contributed by atoms with van der Waals surface area (Å²) in [6.07, 6.45) is 0. The Labute approximate surface area is 385 Å². The van der Waals surface area contributed by atoms with Crippen LogP contribution in [0, 0.1) is 11.6 Å². The van der Waals surface area contributed by atoms with Crippen LogP contribution in [0.3, 0.4) is 0 Å². The predicted octanol–water partition coefficient (Wildman–Crippen LogP) is 16.7. The van der Waals surface area contributed by atoms with Crippen molar-refractivity contribution in [3.05, 3.63) is 258 Å². The van der Waals surface area contributed by atoms with E-state index in [0.29, 0.717) is 11.2 Å². The monoisotopic (exact) mass is 861 g/mol. The molecule has 0 fully saturated rings. The van der Waals surface area contributed by atoms with E-state index < -0.39 is 11.2 Å². The third kappa shape index (κ3) is 5.17. The highest BCUT2D eigenvalue weighted by Gasteiger charge is 2.52. The minimum atomic E-state index is -0.570. The molecule has 0 radical (unpaired) electrons. The Morgan fingerprint density at radius 2 is 0.881 bits per heavy atom. The molecule has 0 N–H and O–H groups in total. The van der Waals surface area contributed by atoms with E-state index in [1.165, 1.54) is 33.4 Å². The highest BCUT2D eigenvalue weighted by atomic mass is 19.1. The van der Waals surface area contributed by atoms with Crippen LogP contribution in [-0.2, 0) is 5.41 Å². The van der Waals surface area contributed by atoms with Crippen LogP contribution in [0.25, 0.3) is 65.5 Å². The van der Waals surface area contributed by atoms with Gasteiger partial charge in [0.1, 0.15) is 5.82 Å². The second-order valence-electron chi connectivity index (χ2n) is 17.6. The lowest BCUT2D eigenvalue weighted by Gasteiger charge is -2.32. The Hall–Kier alpha value is -8.67. The van der Waals surface area contributed by atoms with Crippen molar-refractivity contribution < 1.29 is 8.78 Å². The number of rotatable bonds is 6. The molecule has 0 atom stereocenters. The zero-order chi connectivity index (χ0) is 44.4. The van der Waals surface area contributed by atoms with Gasteiger partial charge in [0.05, 0.1) is 33.7 Å². The molecule has 11 aromatic carbocycles. The van der Waals surface area contributed by atoms with E-state index in [1.807, 2.05) is 71.6 Å². The molecule has 2 aliphatic carbocycles. The zero-order valence-corrected chi connectivity index (χ0v) is 36.0. The lowest BCUT2D eigenvalue weighted by Crippen LogP contribution is -2.26. The maximum absolute atomic E-state index is 16.9. The number of pyridine rings is 1. The lowest BCUT2D eigenvalue weighted by atomic mass is 9.70. The van der Waals surface area contributed by atoms with Crippen LogP contribution in [0.2, 0.25) is 0 Å². The van der Waals surface area contributed by atoms with E-state index in [0.717, 1.165) is 71.6 Å². The maximum Gasteiger partial charge on any atom is 0.174 e. The molecule has 0 aliphatic heterocycles. The second kappa shape index (κ2) is 14.2. The first kappa shape index (κ1) is 37.7. The summed E-state index contributed by atoms with van der Waals surface area (Å²) in [5, 5.41) is 6.81. The molecule has 0 saturated heterocycles. The van der Waals surface area contributed by atoms with E-state index in [1.54, 1.807) is 18.2 Å². The second-order valence-corrected chi connectivity index (χ2v) is 17.6. The predicted molar refractivity (Wildman–Crippen MR) is 271 cm³/mol. The Bertz CT molecular complexity index is 3950. The first-order valence-electron chi connectivity index (χ1n) is 22.7. The molecule has 14 rings (SSSR count). The van der Waals surface area contributed by atoms with E-state index in [4.69, 9.17) is 4.98 Å². The van der Waals surface area contributed by atoms with Gasteiger partial charge in [0.2, 0.25) is 0 Å². The van der Waals surface area contributed by atoms with Crippen LogP contribution in [0.4, 0.5) is 43.0 Å². The van der Waals surface area contributed by atoms with Crippen LogP contribution < -0.4 is 9.80 Å². The Morgan fingerprint density at radius 1 is 0.358 bits per heavy atom. The average molecular weight is 862 g/mol. The third-order valence-electron chi connectivity index (χ3n) is 14.3. The van der Waals surface area contributed by atoms with Crippen molar-refractivity contribution in [2.75, 3.05) is 9.80 Å². The molecule has 0 unspecified atom stereocenters. The van der Waals surface area contributed by atoms with E-state index >= 15 is 8.78 Å². The van der Waals surface area contributed by atoms with Crippen molar-refractivity contribution in [3.8, 4) is 22.3 Å². The third-order valence-corrected chi connectivity index (χ3v) is 14.3. The number of hydrogen-bond acceptors (Lipinski definition) is 3. The maximum atomic E-state index is 16.9. The molecule has 1 spiro atoms. The summed E-state index contributed by atoms with van der Waals surface area (Å²) in [6.45, 7) is 0. The van der Waals surface area contributed by atoms with Gasteiger partial charge in [-0.25, -0.2) is 13.8 Å². The Kier molecular flexibility index (Phi) is 7.97. The minimum Gasteiger partial charge on any atom is -0.306 e. The van der Waals surface area contributed by atoms with Crippen molar-refractivity contribution in [1.82, 2.24) is 4.98 Å². The summed E-state index contributed by atoms with van der Waals surface area (Å²) in [6, 6.07) is 76.1. The highest BCUT2D eigenvalue weighted by molar-refractivity contribution is 6.28. The molecule has 0 amide bonds. The number of hydrogen-bond donors (Lipinski definition) is 0. The molecule has 0 bridgehead atoms. The fourth-order valence-corrected chi connectivity index (χ4v) is 11.7. The number of benzene rings is 11. The minimum absolute atomic E-state index is 0.217. The summed E-state index contributed by atoms with van der Waals surface area (Å²) in [5.74, 6) is -0.525. The number of anilines is 6. The largest absolute Gasteiger partial charge is 0.306 e. The van der Waals surface area contributed by atoms with Crippen molar-refractivity contribution in [2.45, 2.75) is 5.41 Å². The summed E-state index contributed by atoms with van der Waals surface area (Å²) in [4.78, 5) is 9.02. The lowest BCUT2D eigenvalue weighted by molar-refractivity contribution is 0.625. The number of nitrogens with zero attached hydrogens (tertiary/aromatic N) is 3. The van der Waals surface area contributed by atoms with Crippen molar-refractivity contribution in [2.24, 2.45) is 0 Å². The van der Waals surface area contributed by atoms with E-state index in [-0.39, 0.29) is 11.6 Å². The van der Waals surface area contributed by atoms with Gasteiger partial charge in [-0.05, 0) is 115 Å². The first-order valence-corrected chi connectivity index (χ1v) is 22.7. The molecular formula is C62H37F2N3. The van der Waals surface area contributed by atoms with Crippen LogP contribution in [-0.4, -0.2) is 4.98 Å². The van der Waals surface area contributed by atoms with Gasteiger partial charge in [0.15, 0.2) is 11.6 Å². The van der Waals surface area contributed by atoms with Crippen LogP contribution in [0.5, 0.6) is 0 Å². The number of halogens is 2. The SMILES string of the molecule is Fc1ccccc1N(c1cccc2c1-c1ccccc1C21c2ccccc2-c2ccccc21)c1ccc2ccc3c(N(c4ccccc4)c4nc5ccccc5cc4F)ccc4ccc1c2c43. The molecular weight excluding hydrogens is 825 g/mol. The molecule has 314 valence electrons. The normalized spacial score (nSPS) is 13.0. The highest BCUT2D eigenvalue weighted by Crippen LogP contribution is 2.65. The smallest absolute Gasteiger partial charge is 0.174 e. The molecule has 5 heteroatoms. The molecule has 1 aromatic heterocycles. The van der Waals surface area contributed by atoms with Gasteiger partial charge in [-0.3, -0.25) is 4.90 Å². The van der Waals surface area contributed by atoms with Crippen LogP contribution >= 0.6 is 0 Å². The summed E-state index contributed by atoms with van der Waals surface area (Å²) < 4.78 is 33.4. The molecule has 3 nitrogen and oxygen atoms in total. The van der Waals surface area contributed by atoms with Gasteiger partial charge >= 0.3 is 0 Å². The summed E-state index contributed by atoms with van der Waals surface area (Å²) >= 11 is 0. The molecule has 2 aliphatic rings. The van der Waals surface area contributed by atoms with Crippen molar-refractivity contribution in [3.63, 3.8) is 0 Å². The topological polar surface area (TPSA) is 19.4 Å². The van der Waals surface area contributed by atoms with Gasteiger partial charge in [0.25, 0.3) is 0 Å². The van der Waals surface area contributed by atoms with Gasteiger partial charge in [-0.15, -0.1) is 0 Å². The molecule has 67 heavy (non-hydrogen) atoms. The summed E-state index contributed by atoms with van der Waals surface area (Å²) in [5.41, 5.74) is 13.4. The van der Waals surface area contributed by atoms with Gasteiger partial charge in [-0.2, -0.15) is 0 Å². The van der Waals surface area contributed by atoms with Crippen LogP contribution in [0.1, 0.15) is 22.3 Å². The average Bonchev–Trinajstić information content (AvgIpc) is 3.85. The molecule has 0 saturated carbocycles. The van der Waals surface area contributed by atoms with Gasteiger partial charge in [0, 0.05) is 27.4 Å². The molecule has 12 aromatic rings. The van der Waals surface area contributed by atoms with Crippen molar-refractivity contribution >= 4 is 77.5 Å². The Morgan fingerprint density at radius 3 is 1.57 bits per heavy atom. The number of fused-ring (bicyclic) bond motifs is 11. The van der Waals surface area contributed by atoms with E-state index in [9.17, 15) is 0 Å². The standard InChI is InChI=1S/C62H37F2N3/c63-51-25-11-13-27-56(51)67(57-28-14-24-50-60(57)44-20-7-10-23-49(44)62(50)47-21-8-5-18-42(47)43-19-6-9-22-48(43)62)55-36-32-39-29-33-45-54(35-31-38-30-34-46(55)59(39)58(38)45)66(41-16-2-1-3-17-41)61-52(64)37-40-15-4-12-26-53(40)65-61/h1-37H. The van der Waals surface area contributed by atoms with Gasteiger partial charge in [-0.1, -0.05) is 170 Å². The summed E-state index contributed by atoms with van der Waals surface area (Å²) in [7, 11) is 0. The van der Waals surface area contributed by atoms with Crippen molar-refractivity contribution in [1.29, 1.82) is 0 Å². The molecule has 1 heterocycles. The fourth-order valence-electron chi connectivity index (χ4n) is 11.7. The number of aromatic nitrogens is 1.